The number of fused-ring (bicyclic) bond motifs is 1. The molecule has 1 saturated heterocycles. The first kappa shape index (κ1) is 17.9. The molecule has 0 unspecified atom stereocenters. The zero-order chi connectivity index (χ0) is 18.8. The summed E-state index contributed by atoms with van der Waals surface area (Å²) in [4.78, 5) is 18.4. The lowest BCUT2D eigenvalue weighted by atomic mass is 9.97. The monoisotopic (exact) mass is 365 g/mol. The Morgan fingerprint density at radius 3 is 3.04 bits per heavy atom. The highest BCUT2D eigenvalue weighted by Crippen LogP contribution is 2.23. The van der Waals surface area contributed by atoms with Gasteiger partial charge in [-0.1, -0.05) is 6.07 Å². The third-order valence-electron chi connectivity index (χ3n) is 5.68. The van der Waals surface area contributed by atoms with Gasteiger partial charge in [0.15, 0.2) is 0 Å². The van der Waals surface area contributed by atoms with Crippen molar-refractivity contribution in [3.05, 3.63) is 59.2 Å². The van der Waals surface area contributed by atoms with Gasteiger partial charge in [0.05, 0.1) is 18.7 Å². The van der Waals surface area contributed by atoms with Crippen molar-refractivity contribution in [1.29, 1.82) is 0 Å². The molecule has 0 saturated carbocycles. The molecule has 1 aliphatic rings. The maximum absolute atomic E-state index is 12.7. The van der Waals surface area contributed by atoms with Gasteiger partial charge in [-0.15, -0.1) is 0 Å². The maximum atomic E-state index is 12.7. The molecule has 5 heteroatoms. The van der Waals surface area contributed by atoms with Gasteiger partial charge in [0.2, 0.25) is 5.91 Å². The molecule has 3 heterocycles. The number of nitrogens with one attached hydrogen (secondary N) is 2. The van der Waals surface area contributed by atoms with Crippen LogP contribution in [0.1, 0.15) is 35.4 Å². The topological polar surface area (TPSA) is 61.3 Å². The van der Waals surface area contributed by atoms with Crippen LogP contribution in [0.15, 0.2) is 41.0 Å². The number of rotatable bonds is 5. The third-order valence-corrected chi connectivity index (χ3v) is 5.68. The fourth-order valence-electron chi connectivity index (χ4n) is 3.99. The third kappa shape index (κ3) is 3.93. The quantitative estimate of drug-likeness (QED) is 0.721. The zero-order valence-electron chi connectivity index (χ0n) is 16.0. The van der Waals surface area contributed by atoms with E-state index in [1.807, 2.05) is 12.1 Å². The molecule has 0 radical (unpaired) electrons. The summed E-state index contributed by atoms with van der Waals surface area (Å²) in [6.45, 7) is 7.39. The van der Waals surface area contributed by atoms with Crippen LogP contribution in [0.25, 0.3) is 10.9 Å². The minimum Gasteiger partial charge on any atom is -0.468 e. The number of piperidine rings is 1. The summed E-state index contributed by atoms with van der Waals surface area (Å²) in [5.41, 5.74) is 4.77. The summed E-state index contributed by atoms with van der Waals surface area (Å²) in [6.07, 6.45) is 3.70. The highest BCUT2D eigenvalue weighted by molar-refractivity contribution is 5.85. The highest BCUT2D eigenvalue weighted by Gasteiger charge is 2.26. The van der Waals surface area contributed by atoms with Gasteiger partial charge in [-0.05, 0) is 68.6 Å². The van der Waals surface area contributed by atoms with Crippen molar-refractivity contribution in [3.8, 4) is 0 Å². The molecule has 27 heavy (non-hydrogen) atoms. The Kier molecular flexibility index (Phi) is 5.03. The predicted octanol–water partition coefficient (Wildman–Crippen LogP) is 3.91. The molecule has 2 aromatic heterocycles. The summed E-state index contributed by atoms with van der Waals surface area (Å²) in [6, 6.07) is 10.3. The first-order valence-electron chi connectivity index (χ1n) is 9.70. The molecule has 1 amide bonds. The SMILES string of the molecule is Cc1[nH]c2ccc(CNC(=O)[C@H]3CCCN(Cc4ccco4)C3)cc2c1C. The summed E-state index contributed by atoms with van der Waals surface area (Å²) < 4.78 is 5.44. The van der Waals surface area contributed by atoms with Crippen LogP contribution in [0.2, 0.25) is 0 Å². The summed E-state index contributed by atoms with van der Waals surface area (Å²) in [5, 5.41) is 4.38. The molecular weight excluding hydrogens is 338 g/mol. The standard InChI is InChI=1S/C22H27N3O2/c1-15-16(2)24-21-8-7-17(11-20(15)21)12-23-22(26)18-5-3-9-25(13-18)14-19-6-4-10-27-19/h4,6-8,10-11,18,24H,3,5,9,12-14H2,1-2H3,(H,23,26)/t18-/m0/s1. The number of carbonyl (C=O) groups excluding carboxylic acids is 1. The Hall–Kier alpha value is -2.53. The number of hydrogen-bond acceptors (Lipinski definition) is 3. The number of aromatic amines is 1. The number of hydrogen-bond donors (Lipinski definition) is 2. The van der Waals surface area contributed by atoms with Gasteiger partial charge in [0, 0.05) is 29.7 Å². The van der Waals surface area contributed by atoms with E-state index in [2.05, 4.69) is 47.2 Å². The second kappa shape index (κ2) is 7.61. The molecule has 0 spiro atoms. The fraction of sp³-hybridized carbons (Fsp3) is 0.409. The average Bonchev–Trinajstić information content (AvgIpc) is 3.28. The van der Waals surface area contributed by atoms with E-state index in [-0.39, 0.29) is 11.8 Å². The number of amides is 1. The maximum Gasteiger partial charge on any atom is 0.224 e. The van der Waals surface area contributed by atoms with E-state index in [0.717, 1.165) is 49.3 Å². The number of benzene rings is 1. The lowest BCUT2D eigenvalue weighted by Crippen LogP contribution is -2.42. The van der Waals surface area contributed by atoms with Crippen LogP contribution in [-0.4, -0.2) is 28.9 Å². The second-order valence-electron chi connectivity index (χ2n) is 7.63. The molecule has 5 nitrogen and oxygen atoms in total. The molecule has 0 bridgehead atoms. The lowest BCUT2D eigenvalue weighted by Gasteiger charge is -2.31. The number of nitrogens with zero attached hydrogens (tertiary/aromatic N) is 1. The van der Waals surface area contributed by atoms with Crippen molar-refractivity contribution in [1.82, 2.24) is 15.2 Å². The molecule has 1 aliphatic heterocycles. The van der Waals surface area contributed by atoms with Gasteiger partial charge in [0.25, 0.3) is 0 Å². The van der Waals surface area contributed by atoms with E-state index >= 15 is 0 Å². The minimum atomic E-state index is 0.0497. The number of aromatic nitrogens is 1. The molecule has 142 valence electrons. The Labute approximate surface area is 159 Å². The van der Waals surface area contributed by atoms with E-state index in [9.17, 15) is 4.79 Å². The first-order valence-corrected chi connectivity index (χ1v) is 9.70. The number of furan rings is 1. The summed E-state index contributed by atoms with van der Waals surface area (Å²) in [7, 11) is 0. The van der Waals surface area contributed by atoms with Crippen LogP contribution in [0.3, 0.4) is 0 Å². The largest absolute Gasteiger partial charge is 0.468 e. The van der Waals surface area contributed by atoms with Crippen molar-refractivity contribution in [2.45, 2.75) is 39.8 Å². The molecule has 2 N–H and O–H groups in total. The number of H-pyrrole nitrogens is 1. The molecule has 4 rings (SSSR count). The molecule has 3 aromatic rings. The van der Waals surface area contributed by atoms with Crippen LogP contribution in [-0.2, 0) is 17.9 Å². The van der Waals surface area contributed by atoms with E-state index in [0.29, 0.717) is 6.54 Å². The second-order valence-corrected chi connectivity index (χ2v) is 7.63. The Morgan fingerprint density at radius 2 is 2.22 bits per heavy atom. The van der Waals surface area contributed by atoms with Gasteiger partial charge >= 0.3 is 0 Å². The zero-order valence-corrected chi connectivity index (χ0v) is 16.0. The number of likely N-dealkylation sites (tertiary alicyclic amines) is 1. The first-order chi connectivity index (χ1) is 13.1. The van der Waals surface area contributed by atoms with Crippen molar-refractivity contribution >= 4 is 16.8 Å². The van der Waals surface area contributed by atoms with Gasteiger partial charge in [-0.3, -0.25) is 9.69 Å². The van der Waals surface area contributed by atoms with Crippen molar-refractivity contribution < 1.29 is 9.21 Å². The van der Waals surface area contributed by atoms with E-state index < -0.39 is 0 Å². The number of aryl methyl sites for hydroxylation is 2. The van der Waals surface area contributed by atoms with Crippen LogP contribution >= 0.6 is 0 Å². The highest BCUT2D eigenvalue weighted by atomic mass is 16.3. The minimum absolute atomic E-state index is 0.0497. The smallest absolute Gasteiger partial charge is 0.224 e. The van der Waals surface area contributed by atoms with Crippen LogP contribution in [0.5, 0.6) is 0 Å². The molecule has 0 aliphatic carbocycles. The molecular formula is C22H27N3O2. The Balaban J connectivity index is 1.35. The van der Waals surface area contributed by atoms with E-state index in [1.54, 1.807) is 6.26 Å². The fourth-order valence-corrected chi connectivity index (χ4v) is 3.99. The van der Waals surface area contributed by atoms with Gasteiger partial charge in [0.1, 0.15) is 5.76 Å². The van der Waals surface area contributed by atoms with Crippen LogP contribution in [0.4, 0.5) is 0 Å². The summed E-state index contributed by atoms with van der Waals surface area (Å²) in [5.74, 6) is 1.16. The predicted molar refractivity (Wildman–Crippen MR) is 106 cm³/mol. The lowest BCUT2D eigenvalue weighted by molar-refractivity contribution is -0.127. The Morgan fingerprint density at radius 1 is 1.33 bits per heavy atom. The van der Waals surface area contributed by atoms with Gasteiger partial charge < -0.3 is 14.7 Å². The average molecular weight is 365 g/mol. The normalized spacial score (nSPS) is 18.1. The van der Waals surface area contributed by atoms with Gasteiger partial charge in [-0.2, -0.15) is 0 Å². The summed E-state index contributed by atoms with van der Waals surface area (Å²) >= 11 is 0. The Bertz CT molecular complexity index is 927. The number of carbonyl (C=O) groups is 1. The van der Waals surface area contributed by atoms with Crippen LogP contribution in [0, 0.1) is 19.8 Å². The van der Waals surface area contributed by atoms with E-state index in [1.165, 1.54) is 16.6 Å². The van der Waals surface area contributed by atoms with E-state index in [4.69, 9.17) is 4.42 Å². The van der Waals surface area contributed by atoms with Crippen molar-refractivity contribution in [2.75, 3.05) is 13.1 Å². The molecule has 1 fully saturated rings. The molecule has 1 atom stereocenters. The van der Waals surface area contributed by atoms with Crippen LogP contribution < -0.4 is 5.32 Å². The van der Waals surface area contributed by atoms with Gasteiger partial charge in [-0.25, -0.2) is 0 Å². The van der Waals surface area contributed by atoms with Crippen molar-refractivity contribution in [2.24, 2.45) is 5.92 Å². The van der Waals surface area contributed by atoms with Crippen molar-refractivity contribution in [3.63, 3.8) is 0 Å². The molecule has 1 aromatic carbocycles.